The Hall–Kier alpha value is -2.24. The van der Waals surface area contributed by atoms with Crippen molar-refractivity contribution in [1.82, 2.24) is 10.2 Å². The fourth-order valence-electron chi connectivity index (χ4n) is 1.72. The molecule has 2 rings (SSSR count). The average Bonchev–Trinajstić information content (AvgIpc) is 2.81. The van der Waals surface area contributed by atoms with E-state index in [0.29, 0.717) is 38.4 Å². The Morgan fingerprint density at radius 2 is 2.16 bits per heavy atom. The summed E-state index contributed by atoms with van der Waals surface area (Å²) >= 11 is 0. The minimum Gasteiger partial charge on any atom is -0.448 e. The van der Waals surface area contributed by atoms with Gasteiger partial charge in [0.25, 0.3) is 0 Å². The van der Waals surface area contributed by atoms with E-state index >= 15 is 0 Å². The van der Waals surface area contributed by atoms with Crippen molar-refractivity contribution in [3.63, 3.8) is 0 Å². The minimum absolute atomic E-state index is 0.285. The van der Waals surface area contributed by atoms with Crippen LogP contribution in [-0.2, 0) is 4.74 Å². The van der Waals surface area contributed by atoms with E-state index in [9.17, 15) is 9.59 Å². The molecule has 0 unspecified atom stereocenters. The van der Waals surface area contributed by atoms with Gasteiger partial charge in [-0.2, -0.15) is 0 Å². The third-order valence-electron chi connectivity index (χ3n) is 2.67. The van der Waals surface area contributed by atoms with E-state index in [0.717, 1.165) is 0 Å². The van der Waals surface area contributed by atoms with E-state index < -0.39 is 6.09 Å². The van der Waals surface area contributed by atoms with Gasteiger partial charge in [-0.05, 0) is 18.6 Å². The Morgan fingerprint density at radius 1 is 1.37 bits per heavy atom. The largest absolute Gasteiger partial charge is 0.448 e. The zero-order valence-corrected chi connectivity index (χ0v) is 10.5. The fraction of sp³-hybridized carbons (Fsp3) is 0.385. The lowest BCUT2D eigenvalue weighted by molar-refractivity contribution is 0.158. The first-order valence-corrected chi connectivity index (χ1v) is 6.18. The summed E-state index contributed by atoms with van der Waals surface area (Å²) in [6.07, 6.45) is -0.110. The molecule has 2 amide bonds. The standard InChI is InChI=1S/C13H16N2O4/c16-12(19-11-5-2-1-3-6-11)14-7-4-8-15-9-10-18-13(15)17/h1-3,5-6H,4,7-10H2,(H,14,16). The van der Waals surface area contributed by atoms with Crippen LogP contribution in [0.2, 0.25) is 0 Å². The molecule has 0 aliphatic carbocycles. The topological polar surface area (TPSA) is 67.9 Å². The summed E-state index contributed by atoms with van der Waals surface area (Å²) in [6, 6.07) is 8.85. The molecule has 1 fully saturated rings. The Balaban J connectivity index is 1.60. The number of cyclic esters (lactones) is 1. The molecule has 1 aromatic rings. The summed E-state index contributed by atoms with van der Waals surface area (Å²) in [6.45, 7) is 2.09. The molecule has 0 aromatic heterocycles. The second kappa shape index (κ2) is 6.63. The van der Waals surface area contributed by atoms with Crippen LogP contribution in [0.5, 0.6) is 5.75 Å². The molecule has 0 radical (unpaired) electrons. The summed E-state index contributed by atoms with van der Waals surface area (Å²) in [5.41, 5.74) is 0. The third-order valence-corrected chi connectivity index (χ3v) is 2.67. The lowest BCUT2D eigenvalue weighted by Gasteiger charge is -2.12. The van der Waals surface area contributed by atoms with E-state index in [1.807, 2.05) is 6.07 Å². The van der Waals surface area contributed by atoms with Crippen LogP contribution in [0.3, 0.4) is 0 Å². The molecule has 102 valence electrons. The van der Waals surface area contributed by atoms with Crippen LogP contribution in [0.15, 0.2) is 30.3 Å². The molecule has 0 bridgehead atoms. The Bertz CT molecular complexity index is 436. The molecule has 1 aromatic carbocycles. The Morgan fingerprint density at radius 3 is 2.84 bits per heavy atom. The molecule has 0 atom stereocenters. The summed E-state index contributed by atoms with van der Waals surface area (Å²) in [7, 11) is 0. The van der Waals surface area contributed by atoms with Gasteiger partial charge in [-0.1, -0.05) is 18.2 Å². The SMILES string of the molecule is O=C(NCCCN1CCOC1=O)Oc1ccccc1. The number of rotatable bonds is 5. The molecule has 1 aliphatic rings. The lowest BCUT2D eigenvalue weighted by Crippen LogP contribution is -2.31. The van der Waals surface area contributed by atoms with Crippen molar-refractivity contribution in [3.8, 4) is 5.75 Å². The van der Waals surface area contributed by atoms with Crippen molar-refractivity contribution in [2.75, 3.05) is 26.2 Å². The molecule has 0 spiro atoms. The predicted octanol–water partition coefficient (Wildman–Crippen LogP) is 1.62. The monoisotopic (exact) mass is 264 g/mol. The van der Waals surface area contributed by atoms with E-state index in [1.54, 1.807) is 29.2 Å². The number of para-hydroxylation sites is 1. The van der Waals surface area contributed by atoms with Gasteiger partial charge in [-0.15, -0.1) is 0 Å². The highest BCUT2D eigenvalue weighted by molar-refractivity contribution is 5.70. The van der Waals surface area contributed by atoms with Crippen molar-refractivity contribution >= 4 is 12.2 Å². The van der Waals surface area contributed by atoms with Gasteiger partial charge in [0.2, 0.25) is 0 Å². The van der Waals surface area contributed by atoms with E-state index in [1.165, 1.54) is 0 Å². The number of benzene rings is 1. The molecular formula is C13H16N2O4. The van der Waals surface area contributed by atoms with Gasteiger partial charge in [-0.3, -0.25) is 0 Å². The molecule has 6 nitrogen and oxygen atoms in total. The van der Waals surface area contributed by atoms with Gasteiger partial charge in [0.15, 0.2) is 0 Å². The highest BCUT2D eigenvalue weighted by Crippen LogP contribution is 2.08. The maximum absolute atomic E-state index is 11.4. The van der Waals surface area contributed by atoms with Crippen LogP contribution in [0.4, 0.5) is 9.59 Å². The number of nitrogens with one attached hydrogen (secondary N) is 1. The number of ether oxygens (including phenoxy) is 2. The second-order valence-electron chi connectivity index (χ2n) is 4.08. The van der Waals surface area contributed by atoms with Crippen LogP contribution < -0.4 is 10.1 Å². The van der Waals surface area contributed by atoms with Crippen LogP contribution in [0, 0.1) is 0 Å². The third kappa shape index (κ3) is 4.17. The first kappa shape index (κ1) is 13.2. The van der Waals surface area contributed by atoms with Crippen LogP contribution in [0.1, 0.15) is 6.42 Å². The molecule has 1 aliphatic heterocycles. The predicted molar refractivity (Wildman–Crippen MR) is 68.0 cm³/mol. The van der Waals surface area contributed by atoms with Gasteiger partial charge >= 0.3 is 12.2 Å². The summed E-state index contributed by atoms with van der Waals surface area (Å²) < 4.78 is 9.85. The van der Waals surface area contributed by atoms with Gasteiger partial charge < -0.3 is 19.7 Å². The summed E-state index contributed by atoms with van der Waals surface area (Å²) in [4.78, 5) is 24.2. The van der Waals surface area contributed by atoms with Crippen molar-refractivity contribution in [3.05, 3.63) is 30.3 Å². The van der Waals surface area contributed by atoms with Crippen LogP contribution >= 0.6 is 0 Å². The summed E-state index contributed by atoms with van der Waals surface area (Å²) in [5, 5.41) is 2.63. The maximum atomic E-state index is 11.4. The minimum atomic E-state index is -0.491. The molecule has 1 N–H and O–H groups in total. The first-order valence-electron chi connectivity index (χ1n) is 6.18. The number of nitrogens with zero attached hydrogens (tertiary/aromatic N) is 1. The normalized spacial score (nSPS) is 14.1. The number of hydrogen-bond donors (Lipinski definition) is 1. The quantitative estimate of drug-likeness (QED) is 0.820. The van der Waals surface area contributed by atoms with Gasteiger partial charge in [-0.25, -0.2) is 9.59 Å². The Kier molecular flexibility index (Phi) is 4.60. The van der Waals surface area contributed by atoms with Crippen LogP contribution in [0.25, 0.3) is 0 Å². The van der Waals surface area contributed by atoms with Gasteiger partial charge in [0.05, 0.1) is 6.54 Å². The average molecular weight is 264 g/mol. The second-order valence-corrected chi connectivity index (χ2v) is 4.08. The highest BCUT2D eigenvalue weighted by Gasteiger charge is 2.20. The molecule has 0 saturated carbocycles. The Labute approximate surface area is 111 Å². The molecule has 19 heavy (non-hydrogen) atoms. The number of hydrogen-bond acceptors (Lipinski definition) is 4. The number of carbonyl (C=O) groups is 2. The van der Waals surface area contributed by atoms with Crippen molar-refractivity contribution in [1.29, 1.82) is 0 Å². The van der Waals surface area contributed by atoms with E-state index in [-0.39, 0.29) is 6.09 Å². The maximum Gasteiger partial charge on any atom is 0.412 e. The van der Waals surface area contributed by atoms with Crippen LogP contribution in [-0.4, -0.2) is 43.3 Å². The van der Waals surface area contributed by atoms with Gasteiger partial charge in [0.1, 0.15) is 12.4 Å². The zero-order chi connectivity index (χ0) is 13.5. The van der Waals surface area contributed by atoms with Crippen molar-refractivity contribution in [2.45, 2.75) is 6.42 Å². The molecule has 1 saturated heterocycles. The first-order chi connectivity index (χ1) is 9.25. The lowest BCUT2D eigenvalue weighted by atomic mass is 10.3. The molecule has 1 heterocycles. The van der Waals surface area contributed by atoms with E-state index in [2.05, 4.69) is 5.32 Å². The van der Waals surface area contributed by atoms with E-state index in [4.69, 9.17) is 9.47 Å². The smallest absolute Gasteiger partial charge is 0.412 e. The molecular weight excluding hydrogens is 248 g/mol. The molecule has 6 heteroatoms. The number of carbonyl (C=O) groups excluding carboxylic acids is 2. The summed E-state index contributed by atoms with van der Waals surface area (Å²) in [5.74, 6) is 0.503. The fourth-order valence-corrected chi connectivity index (χ4v) is 1.72. The zero-order valence-electron chi connectivity index (χ0n) is 10.5. The van der Waals surface area contributed by atoms with Crippen molar-refractivity contribution < 1.29 is 19.1 Å². The number of amides is 2. The highest BCUT2D eigenvalue weighted by atomic mass is 16.6. The van der Waals surface area contributed by atoms with Gasteiger partial charge in [0, 0.05) is 13.1 Å². The van der Waals surface area contributed by atoms with Crippen molar-refractivity contribution in [2.24, 2.45) is 0 Å².